The lowest BCUT2D eigenvalue weighted by atomic mass is 9.76. The van der Waals surface area contributed by atoms with Crippen molar-refractivity contribution in [2.24, 2.45) is 17.8 Å². The molecule has 6 heteroatoms. The van der Waals surface area contributed by atoms with Crippen LogP contribution in [0.15, 0.2) is 29.6 Å². The average molecular weight is 327 g/mol. The third-order valence-corrected chi connectivity index (χ3v) is 5.47. The zero-order valence-electron chi connectivity index (χ0n) is 12.8. The van der Waals surface area contributed by atoms with Crippen LogP contribution in [0.2, 0.25) is 0 Å². The number of hydrogen-bond donors (Lipinski definition) is 0. The lowest BCUT2D eigenvalue weighted by molar-refractivity contribution is -0.122. The van der Waals surface area contributed by atoms with E-state index >= 15 is 0 Å². The van der Waals surface area contributed by atoms with E-state index in [1.807, 2.05) is 29.6 Å². The Hall–Kier alpha value is -2.08. The zero-order chi connectivity index (χ0) is 16.0. The first kappa shape index (κ1) is 14.5. The van der Waals surface area contributed by atoms with Crippen LogP contribution in [0, 0.1) is 17.8 Å². The summed E-state index contributed by atoms with van der Waals surface area (Å²) >= 11 is 1.30. The predicted octanol–water partition coefficient (Wildman–Crippen LogP) is 3.13. The van der Waals surface area contributed by atoms with Crippen molar-refractivity contribution in [1.29, 1.82) is 0 Å². The van der Waals surface area contributed by atoms with E-state index in [0.29, 0.717) is 11.6 Å². The molecule has 0 bridgehead atoms. The van der Waals surface area contributed by atoms with Crippen molar-refractivity contribution in [1.82, 2.24) is 9.59 Å². The van der Waals surface area contributed by atoms with Gasteiger partial charge in [0.2, 0.25) is 11.8 Å². The van der Waals surface area contributed by atoms with E-state index < -0.39 is 0 Å². The second-order valence-electron chi connectivity index (χ2n) is 6.48. The molecule has 1 aliphatic carbocycles. The summed E-state index contributed by atoms with van der Waals surface area (Å²) in [6.45, 7) is 2.16. The van der Waals surface area contributed by atoms with Crippen molar-refractivity contribution in [3.8, 4) is 11.3 Å². The van der Waals surface area contributed by atoms with E-state index in [2.05, 4.69) is 16.5 Å². The highest BCUT2D eigenvalue weighted by molar-refractivity contribution is 7.03. The first-order valence-electron chi connectivity index (χ1n) is 7.90. The molecule has 0 radical (unpaired) electrons. The number of imide groups is 1. The molecule has 118 valence electrons. The molecule has 1 aromatic heterocycles. The van der Waals surface area contributed by atoms with E-state index in [1.165, 1.54) is 16.4 Å². The number of amides is 2. The Morgan fingerprint density at radius 3 is 2.52 bits per heavy atom. The summed E-state index contributed by atoms with van der Waals surface area (Å²) in [6.07, 6.45) is 2.69. The zero-order valence-corrected chi connectivity index (χ0v) is 13.6. The van der Waals surface area contributed by atoms with Crippen molar-refractivity contribution in [2.75, 3.05) is 4.90 Å². The molecule has 2 heterocycles. The fraction of sp³-hybridized carbons (Fsp3) is 0.412. The third-order valence-electron chi connectivity index (χ3n) is 4.97. The molecule has 0 spiro atoms. The number of carbonyl (C=O) groups is 2. The van der Waals surface area contributed by atoms with Gasteiger partial charge in [-0.3, -0.25) is 14.5 Å². The summed E-state index contributed by atoms with van der Waals surface area (Å²) in [5, 5.41) is 5.90. The first-order valence-corrected chi connectivity index (χ1v) is 8.74. The van der Waals surface area contributed by atoms with Gasteiger partial charge in [-0.1, -0.05) is 23.5 Å². The summed E-state index contributed by atoms with van der Waals surface area (Å²) in [7, 11) is 0. The van der Waals surface area contributed by atoms with Crippen LogP contribution in [0.25, 0.3) is 11.3 Å². The van der Waals surface area contributed by atoms with Gasteiger partial charge in [-0.25, -0.2) is 0 Å². The molecule has 1 aliphatic heterocycles. The van der Waals surface area contributed by atoms with Crippen molar-refractivity contribution < 1.29 is 9.59 Å². The molecule has 2 aliphatic rings. The van der Waals surface area contributed by atoms with Gasteiger partial charge in [0.1, 0.15) is 5.69 Å². The molecule has 5 nitrogen and oxygen atoms in total. The molecule has 1 saturated heterocycles. The van der Waals surface area contributed by atoms with Gasteiger partial charge in [-0.15, -0.1) is 5.10 Å². The van der Waals surface area contributed by atoms with E-state index in [9.17, 15) is 9.59 Å². The van der Waals surface area contributed by atoms with Gasteiger partial charge in [-0.2, -0.15) is 0 Å². The molecule has 2 aromatic rings. The van der Waals surface area contributed by atoms with Crippen LogP contribution in [-0.2, 0) is 9.59 Å². The summed E-state index contributed by atoms with van der Waals surface area (Å²) in [5.41, 5.74) is 2.41. The Bertz CT molecular complexity index is 742. The molecule has 0 N–H and O–H groups in total. The Kier molecular flexibility index (Phi) is 3.49. The van der Waals surface area contributed by atoms with Gasteiger partial charge in [-0.05, 0) is 48.8 Å². The quantitative estimate of drug-likeness (QED) is 0.795. The van der Waals surface area contributed by atoms with Crippen LogP contribution in [0.3, 0.4) is 0 Å². The number of hydrogen-bond acceptors (Lipinski definition) is 5. The molecule has 1 saturated carbocycles. The van der Waals surface area contributed by atoms with Crippen molar-refractivity contribution in [3.63, 3.8) is 0 Å². The SMILES string of the molecule is C[C@@H]1CC[C@@H]2C(=O)N(c3ccc(-c4csnn4)cc3)C(=O)[C@H]2C1. The Labute approximate surface area is 138 Å². The monoisotopic (exact) mass is 327 g/mol. The number of aromatic nitrogens is 2. The summed E-state index contributed by atoms with van der Waals surface area (Å²) in [5.74, 6) is 0.201. The molecular weight excluding hydrogens is 310 g/mol. The molecule has 3 atom stereocenters. The summed E-state index contributed by atoms with van der Waals surface area (Å²) in [6, 6.07) is 7.42. The Morgan fingerprint density at radius 2 is 1.83 bits per heavy atom. The van der Waals surface area contributed by atoms with Crippen LogP contribution in [0.4, 0.5) is 5.69 Å². The van der Waals surface area contributed by atoms with Gasteiger partial charge in [0.15, 0.2) is 0 Å². The van der Waals surface area contributed by atoms with Crippen LogP contribution in [0.5, 0.6) is 0 Å². The van der Waals surface area contributed by atoms with Crippen LogP contribution in [-0.4, -0.2) is 21.4 Å². The van der Waals surface area contributed by atoms with Gasteiger partial charge >= 0.3 is 0 Å². The van der Waals surface area contributed by atoms with E-state index in [-0.39, 0.29) is 23.7 Å². The molecule has 23 heavy (non-hydrogen) atoms. The van der Waals surface area contributed by atoms with Crippen molar-refractivity contribution in [2.45, 2.75) is 26.2 Å². The van der Waals surface area contributed by atoms with E-state index in [1.54, 1.807) is 0 Å². The van der Waals surface area contributed by atoms with Crippen LogP contribution in [0.1, 0.15) is 26.2 Å². The van der Waals surface area contributed by atoms with Gasteiger partial charge in [0.25, 0.3) is 0 Å². The van der Waals surface area contributed by atoms with Crippen LogP contribution >= 0.6 is 11.5 Å². The first-order chi connectivity index (χ1) is 11.1. The second kappa shape index (κ2) is 5.53. The fourth-order valence-corrected chi connectivity index (χ4v) is 4.18. The smallest absolute Gasteiger partial charge is 0.237 e. The van der Waals surface area contributed by atoms with Crippen LogP contribution < -0.4 is 4.90 Å². The normalized spacial score (nSPS) is 27.3. The summed E-state index contributed by atoms with van der Waals surface area (Å²) in [4.78, 5) is 26.7. The second-order valence-corrected chi connectivity index (χ2v) is 7.09. The lowest BCUT2D eigenvalue weighted by Gasteiger charge is -2.25. The molecule has 2 fully saturated rings. The number of carbonyl (C=O) groups excluding carboxylic acids is 2. The third kappa shape index (κ3) is 2.37. The van der Waals surface area contributed by atoms with Crippen molar-refractivity contribution >= 4 is 29.0 Å². The highest BCUT2D eigenvalue weighted by Crippen LogP contribution is 2.42. The molecule has 1 aromatic carbocycles. The minimum absolute atomic E-state index is 0.0324. The number of benzene rings is 1. The standard InChI is InChI=1S/C17H17N3O2S/c1-10-2-7-13-14(8-10)17(22)20(16(13)21)12-5-3-11(4-6-12)15-9-23-19-18-15/h3-6,9-10,13-14H,2,7-8H2,1H3/t10-,13+,14+/m1/s1. The van der Waals surface area contributed by atoms with Gasteiger partial charge in [0, 0.05) is 10.9 Å². The highest BCUT2D eigenvalue weighted by atomic mass is 32.1. The number of rotatable bonds is 2. The topological polar surface area (TPSA) is 63.2 Å². The van der Waals surface area contributed by atoms with E-state index in [0.717, 1.165) is 30.5 Å². The van der Waals surface area contributed by atoms with Gasteiger partial charge < -0.3 is 0 Å². The largest absolute Gasteiger partial charge is 0.274 e. The highest BCUT2D eigenvalue weighted by Gasteiger charge is 2.49. The molecular formula is C17H17N3O2S. The Morgan fingerprint density at radius 1 is 1.09 bits per heavy atom. The Balaban J connectivity index is 1.62. The molecule has 0 unspecified atom stereocenters. The number of anilines is 1. The van der Waals surface area contributed by atoms with Gasteiger partial charge in [0.05, 0.1) is 17.5 Å². The minimum Gasteiger partial charge on any atom is -0.274 e. The molecule has 2 amide bonds. The minimum atomic E-state index is -0.131. The number of fused-ring (bicyclic) bond motifs is 1. The lowest BCUT2D eigenvalue weighted by Crippen LogP contribution is -2.30. The predicted molar refractivity (Wildman–Crippen MR) is 87.8 cm³/mol. The maximum atomic E-state index is 12.7. The average Bonchev–Trinajstić information content (AvgIpc) is 3.16. The molecule has 4 rings (SSSR count). The maximum absolute atomic E-state index is 12.7. The summed E-state index contributed by atoms with van der Waals surface area (Å²) < 4.78 is 3.85. The van der Waals surface area contributed by atoms with Crippen molar-refractivity contribution in [3.05, 3.63) is 29.6 Å². The van der Waals surface area contributed by atoms with E-state index in [4.69, 9.17) is 0 Å². The fourth-order valence-electron chi connectivity index (χ4n) is 3.72. The number of nitrogens with zero attached hydrogens (tertiary/aromatic N) is 3. The maximum Gasteiger partial charge on any atom is 0.237 e.